The quantitative estimate of drug-likeness (QED) is 0.176. The molecule has 1 fully saturated rings. The number of aromatic nitrogens is 3. The van der Waals surface area contributed by atoms with E-state index in [0.29, 0.717) is 29.1 Å². The van der Waals surface area contributed by atoms with Crippen LogP contribution in [0.1, 0.15) is 11.1 Å². The van der Waals surface area contributed by atoms with Gasteiger partial charge in [-0.15, -0.1) is 18.3 Å². The molecule has 0 aliphatic carbocycles. The number of hydrogen-bond donors (Lipinski definition) is 0. The summed E-state index contributed by atoms with van der Waals surface area (Å²) < 4.78 is 90.9. The second-order valence-electron chi connectivity index (χ2n) is 9.90. The second kappa shape index (κ2) is 13.7. The first kappa shape index (κ1) is 33.3. The third-order valence-corrected chi connectivity index (χ3v) is 7.28. The summed E-state index contributed by atoms with van der Waals surface area (Å²) in [5.74, 6) is -0.760. The molecule has 1 aromatic heterocycles. The lowest BCUT2D eigenvalue weighted by atomic mass is 10.1. The fourth-order valence-electron chi connectivity index (χ4n) is 4.27. The van der Waals surface area contributed by atoms with Crippen molar-refractivity contribution < 1.29 is 50.1 Å². The van der Waals surface area contributed by atoms with Crippen LogP contribution < -0.4 is 14.4 Å². The fraction of sp³-hybridized carbons (Fsp3) is 0.233. The van der Waals surface area contributed by atoms with Gasteiger partial charge in [0.05, 0.1) is 23.7 Å². The van der Waals surface area contributed by atoms with Crippen molar-refractivity contribution in [2.24, 2.45) is 4.99 Å². The van der Waals surface area contributed by atoms with Gasteiger partial charge in [-0.05, 0) is 54.4 Å². The Bertz CT molecular complexity index is 1780. The molecule has 1 aliphatic heterocycles. The first-order valence-electron chi connectivity index (χ1n) is 13.6. The number of benzene rings is 3. The van der Waals surface area contributed by atoms with Crippen molar-refractivity contribution in [2.45, 2.75) is 25.9 Å². The van der Waals surface area contributed by atoms with Crippen molar-refractivity contribution in [1.29, 1.82) is 0 Å². The number of amidine groups is 1. The lowest BCUT2D eigenvalue weighted by Crippen LogP contribution is -2.31. The van der Waals surface area contributed by atoms with Gasteiger partial charge in [0.25, 0.3) is 0 Å². The van der Waals surface area contributed by atoms with Crippen LogP contribution >= 0.6 is 11.8 Å². The Labute approximate surface area is 267 Å². The molecule has 0 saturated carbocycles. The molecule has 47 heavy (non-hydrogen) atoms. The number of carbonyl (C=O) groups excluding carboxylic acids is 2. The minimum atomic E-state index is -4.79. The number of aryl methyl sites for hydroxylation is 1. The molecule has 2 heterocycles. The molecule has 2 amide bonds. The van der Waals surface area contributed by atoms with E-state index in [9.17, 15) is 35.9 Å². The molecule has 5 rings (SSSR count). The maximum absolute atomic E-state index is 12.8. The van der Waals surface area contributed by atoms with Gasteiger partial charge in [0.2, 0.25) is 5.91 Å². The van der Waals surface area contributed by atoms with E-state index in [0.717, 1.165) is 34.4 Å². The highest BCUT2D eigenvalue weighted by atomic mass is 32.2. The number of amides is 2. The molecule has 0 N–H and O–H groups in total. The van der Waals surface area contributed by atoms with Crippen molar-refractivity contribution in [2.75, 3.05) is 23.9 Å². The third-order valence-electron chi connectivity index (χ3n) is 6.35. The SMILES string of the molecule is Cc1ccc(OCC(F)(F)F)c(N2C(=O)CSC2=NC(=O)OCCc2ccc(-c3ncn(-c4ccc(OC(F)(F)F)cc4)n3)cc2)c1. The summed E-state index contributed by atoms with van der Waals surface area (Å²) >= 11 is 0.940. The first-order chi connectivity index (χ1) is 22.2. The Morgan fingerprint density at radius 1 is 1.00 bits per heavy atom. The Balaban J connectivity index is 1.17. The van der Waals surface area contributed by atoms with Gasteiger partial charge in [0, 0.05) is 12.0 Å². The Hall–Kier alpha value is -5.06. The van der Waals surface area contributed by atoms with E-state index in [-0.39, 0.29) is 34.7 Å². The highest BCUT2D eigenvalue weighted by Gasteiger charge is 2.35. The van der Waals surface area contributed by atoms with Crippen LogP contribution in [0.4, 0.5) is 36.8 Å². The summed E-state index contributed by atoms with van der Waals surface area (Å²) in [6.45, 7) is 0.0716. The molecule has 0 unspecified atom stereocenters. The van der Waals surface area contributed by atoms with E-state index in [1.807, 2.05) is 0 Å². The number of nitrogens with zero attached hydrogens (tertiary/aromatic N) is 5. The van der Waals surface area contributed by atoms with Crippen molar-refractivity contribution in [3.63, 3.8) is 0 Å². The van der Waals surface area contributed by atoms with Crippen molar-refractivity contribution >= 4 is 34.6 Å². The monoisotopic (exact) mass is 679 g/mol. The number of rotatable bonds is 9. The summed E-state index contributed by atoms with van der Waals surface area (Å²) in [6, 6.07) is 16.5. The minimum absolute atomic E-state index is 0.0312. The van der Waals surface area contributed by atoms with Gasteiger partial charge in [0.1, 0.15) is 17.8 Å². The van der Waals surface area contributed by atoms with E-state index in [4.69, 9.17) is 9.47 Å². The smallest absolute Gasteiger partial charge is 0.482 e. The maximum Gasteiger partial charge on any atom is 0.573 e. The number of halogens is 6. The second-order valence-corrected chi connectivity index (χ2v) is 10.8. The lowest BCUT2D eigenvalue weighted by molar-refractivity contribution is -0.274. The molecule has 3 aromatic carbocycles. The average Bonchev–Trinajstić information content (AvgIpc) is 3.63. The Kier molecular flexibility index (Phi) is 9.74. The van der Waals surface area contributed by atoms with Gasteiger partial charge in [-0.1, -0.05) is 42.1 Å². The zero-order valence-electron chi connectivity index (χ0n) is 24.2. The van der Waals surface area contributed by atoms with Gasteiger partial charge in [-0.25, -0.2) is 14.5 Å². The van der Waals surface area contributed by atoms with Crippen molar-refractivity contribution in [1.82, 2.24) is 14.8 Å². The van der Waals surface area contributed by atoms with E-state index in [1.54, 1.807) is 31.2 Å². The van der Waals surface area contributed by atoms with Gasteiger partial charge < -0.3 is 14.2 Å². The zero-order valence-corrected chi connectivity index (χ0v) is 25.0. The fourth-order valence-corrected chi connectivity index (χ4v) is 5.12. The van der Waals surface area contributed by atoms with Crippen LogP contribution in [0.2, 0.25) is 0 Å². The number of anilines is 1. The molecule has 246 valence electrons. The van der Waals surface area contributed by atoms with E-state index in [1.165, 1.54) is 41.3 Å². The average molecular weight is 680 g/mol. The molecule has 17 heteroatoms. The summed E-state index contributed by atoms with van der Waals surface area (Å²) in [6.07, 6.45) is -8.64. The third kappa shape index (κ3) is 9.02. The van der Waals surface area contributed by atoms with Gasteiger partial charge >= 0.3 is 18.6 Å². The molecular formula is C30H23F6N5O5S. The van der Waals surface area contributed by atoms with E-state index >= 15 is 0 Å². The Morgan fingerprint density at radius 3 is 2.40 bits per heavy atom. The van der Waals surface area contributed by atoms with Crippen LogP contribution in [0.3, 0.4) is 0 Å². The minimum Gasteiger partial charge on any atom is -0.482 e. The summed E-state index contributed by atoms with van der Waals surface area (Å²) in [7, 11) is 0. The molecule has 0 bridgehead atoms. The summed E-state index contributed by atoms with van der Waals surface area (Å²) in [5, 5.41) is 4.30. The van der Waals surface area contributed by atoms with Gasteiger partial charge in [-0.3, -0.25) is 9.69 Å². The maximum atomic E-state index is 12.8. The number of ether oxygens (including phenoxy) is 3. The van der Waals surface area contributed by atoms with Gasteiger partial charge in [0.15, 0.2) is 17.6 Å². The number of aliphatic imine (C=N–C) groups is 1. The predicted molar refractivity (Wildman–Crippen MR) is 159 cm³/mol. The van der Waals surface area contributed by atoms with Crippen LogP contribution in [0.5, 0.6) is 11.5 Å². The topological polar surface area (TPSA) is 108 Å². The predicted octanol–water partition coefficient (Wildman–Crippen LogP) is 6.90. The molecule has 4 aromatic rings. The van der Waals surface area contributed by atoms with E-state index in [2.05, 4.69) is 19.8 Å². The molecule has 1 saturated heterocycles. The molecule has 1 aliphatic rings. The summed E-state index contributed by atoms with van der Waals surface area (Å²) in [4.78, 5) is 34.3. The molecule has 0 atom stereocenters. The lowest BCUT2D eigenvalue weighted by Gasteiger charge is -2.20. The van der Waals surface area contributed by atoms with Crippen LogP contribution in [0, 0.1) is 6.92 Å². The molecule has 10 nitrogen and oxygen atoms in total. The van der Waals surface area contributed by atoms with Crippen molar-refractivity contribution in [3.8, 4) is 28.6 Å². The highest BCUT2D eigenvalue weighted by Crippen LogP contribution is 2.36. The van der Waals surface area contributed by atoms with Crippen LogP contribution in [0.25, 0.3) is 17.1 Å². The number of hydrogen-bond acceptors (Lipinski definition) is 8. The number of carbonyl (C=O) groups is 2. The summed E-state index contributed by atoms with van der Waals surface area (Å²) in [5.41, 5.74) is 2.61. The van der Waals surface area contributed by atoms with Crippen LogP contribution in [0.15, 0.2) is 78.0 Å². The largest absolute Gasteiger partial charge is 0.573 e. The first-order valence-corrected chi connectivity index (χ1v) is 14.6. The standard InChI is InChI=1S/C30H23F6N5O5S/c1-18-2-11-24(45-16-29(31,32)33)23(14-18)41-25(42)15-47-27(41)38-28(43)44-13-12-19-3-5-20(6-4-19)26-37-17-40(39-26)21-7-9-22(10-8-21)46-30(34,35)36/h2-11,14,17H,12-13,15-16H2,1H3. The van der Waals surface area contributed by atoms with Crippen molar-refractivity contribution in [3.05, 3.63) is 84.2 Å². The zero-order chi connectivity index (χ0) is 33.8. The Morgan fingerprint density at radius 2 is 1.72 bits per heavy atom. The highest BCUT2D eigenvalue weighted by molar-refractivity contribution is 8.15. The van der Waals surface area contributed by atoms with Crippen LogP contribution in [-0.2, 0) is 16.0 Å². The number of thioether (sulfide) groups is 1. The van der Waals surface area contributed by atoms with Gasteiger partial charge in [-0.2, -0.15) is 18.2 Å². The van der Waals surface area contributed by atoms with Crippen LogP contribution in [-0.4, -0.2) is 63.4 Å². The van der Waals surface area contributed by atoms with E-state index < -0.39 is 31.1 Å². The normalized spacial score (nSPS) is 14.5. The number of alkyl halides is 6. The molecular weight excluding hydrogens is 656 g/mol. The molecule has 0 spiro atoms. The molecule has 0 radical (unpaired) electrons.